The zero-order chi connectivity index (χ0) is 26.5. The van der Waals surface area contributed by atoms with Crippen LogP contribution in [0.3, 0.4) is 0 Å². The highest BCUT2D eigenvalue weighted by Crippen LogP contribution is 2.48. The zero-order valence-electron chi connectivity index (χ0n) is 23.1. The van der Waals surface area contributed by atoms with Crippen LogP contribution in [0.2, 0.25) is 0 Å². The van der Waals surface area contributed by atoms with E-state index >= 15 is 0 Å². The zero-order valence-corrected chi connectivity index (χ0v) is 23.1. The Balaban J connectivity index is 1.09. The van der Waals surface area contributed by atoms with Crippen molar-refractivity contribution < 1.29 is 18.3 Å². The molecular formula is C34H44F2O2. The Morgan fingerprint density at radius 1 is 0.711 bits per heavy atom. The molecule has 0 aromatic heterocycles. The molecule has 3 aliphatic rings. The third-order valence-corrected chi connectivity index (χ3v) is 9.63. The molecule has 3 fully saturated rings. The van der Waals surface area contributed by atoms with Gasteiger partial charge in [-0.3, -0.25) is 0 Å². The first kappa shape index (κ1) is 27.2. The fourth-order valence-corrected chi connectivity index (χ4v) is 7.48. The molecule has 38 heavy (non-hydrogen) atoms. The summed E-state index contributed by atoms with van der Waals surface area (Å²) in [5.74, 6) is 2.33. The Morgan fingerprint density at radius 3 is 1.95 bits per heavy atom. The number of halogens is 2. The van der Waals surface area contributed by atoms with E-state index in [0.29, 0.717) is 25.0 Å². The first-order valence-electron chi connectivity index (χ1n) is 15.0. The standard InChI is InChI=1S/C34H44F2O2/c1-3-5-23-6-11-30-21-29(17-16-28(30)20-23)27-14-12-26(13-15-27)25-9-7-24(8-10-25)22-38-32-19-18-31(37-4-2)33(35)34(32)36/h3,5,12-15,18-19,23-25,28-30H,4,6-11,16-17,20-22H2,1-2H3. The van der Waals surface area contributed by atoms with Gasteiger partial charge in [0.2, 0.25) is 11.6 Å². The van der Waals surface area contributed by atoms with Crippen LogP contribution in [0, 0.1) is 35.3 Å². The molecule has 0 bridgehead atoms. The fraction of sp³-hybridized carbons (Fsp3) is 0.588. The summed E-state index contributed by atoms with van der Waals surface area (Å²) in [6.07, 6.45) is 17.3. The Morgan fingerprint density at radius 2 is 1.29 bits per heavy atom. The summed E-state index contributed by atoms with van der Waals surface area (Å²) < 4.78 is 39.3. The van der Waals surface area contributed by atoms with Gasteiger partial charge in [0.15, 0.2) is 11.5 Å². The number of fused-ring (bicyclic) bond motifs is 1. The molecule has 206 valence electrons. The van der Waals surface area contributed by atoms with Crippen LogP contribution in [-0.4, -0.2) is 13.2 Å². The number of hydrogen-bond donors (Lipinski definition) is 0. The van der Waals surface area contributed by atoms with Crippen LogP contribution in [0.1, 0.15) is 101 Å². The van der Waals surface area contributed by atoms with Crippen molar-refractivity contribution >= 4 is 0 Å². The second-order valence-electron chi connectivity index (χ2n) is 11.9. The topological polar surface area (TPSA) is 18.5 Å². The van der Waals surface area contributed by atoms with Gasteiger partial charge >= 0.3 is 0 Å². The molecule has 0 aliphatic heterocycles. The normalized spacial score (nSPS) is 29.7. The van der Waals surface area contributed by atoms with Crippen LogP contribution >= 0.6 is 0 Å². The molecule has 3 saturated carbocycles. The summed E-state index contributed by atoms with van der Waals surface area (Å²) >= 11 is 0. The van der Waals surface area contributed by atoms with E-state index in [1.807, 2.05) is 0 Å². The molecule has 4 atom stereocenters. The number of ether oxygens (including phenoxy) is 2. The predicted octanol–water partition coefficient (Wildman–Crippen LogP) is 9.59. The molecule has 0 N–H and O–H groups in total. The van der Waals surface area contributed by atoms with Crippen LogP contribution in [0.15, 0.2) is 48.6 Å². The highest BCUT2D eigenvalue weighted by molar-refractivity contribution is 5.35. The average Bonchev–Trinajstić information content (AvgIpc) is 2.95. The van der Waals surface area contributed by atoms with Gasteiger partial charge < -0.3 is 9.47 Å². The van der Waals surface area contributed by atoms with Crippen molar-refractivity contribution in [1.29, 1.82) is 0 Å². The lowest BCUT2D eigenvalue weighted by Gasteiger charge is -2.42. The molecule has 4 unspecified atom stereocenters. The average molecular weight is 523 g/mol. The minimum Gasteiger partial charge on any atom is -0.491 e. The summed E-state index contributed by atoms with van der Waals surface area (Å²) in [5, 5.41) is 0. The first-order chi connectivity index (χ1) is 18.6. The van der Waals surface area contributed by atoms with Crippen molar-refractivity contribution in [3.63, 3.8) is 0 Å². The number of allylic oxidation sites excluding steroid dienone is 2. The Bertz CT molecular complexity index is 1070. The molecule has 0 amide bonds. The molecule has 0 radical (unpaired) electrons. The van der Waals surface area contributed by atoms with E-state index in [1.54, 1.807) is 6.92 Å². The molecule has 0 saturated heterocycles. The van der Waals surface area contributed by atoms with E-state index in [2.05, 4.69) is 43.3 Å². The molecule has 5 rings (SSSR count). The summed E-state index contributed by atoms with van der Waals surface area (Å²) in [4.78, 5) is 0. The fourth-order valence-electron chi connectivity index (χ4n) is 7.48. The van der Waals surface area contributed by atoms with E-state index < -0.39 is 11.6 Å². The summed E-state index contributed by atoms with van der Waals surface area (Å²) in [5.41, 5.74) is 2.99. The molecular weight excluding hydrogens is 478 g/mol. The van der Waals surface area contributed by atoms with Crippen molar-refractivity contribution in [3.05, 3.63) is 71.3 Å². The van der Waals surface area contributed by atoms with Crippen LogP contribution in [0.5, 0.6) is 11.5 Å². The molecule has 4 heteroatoms. The lowest BCUT2D eigenvalue weighted by atomic mass is 9.64. The number of hydrogen-bond acceptors (Lipinski definition) is 2. The minimum atomic E-state index is -0.971. The van der Waals surface area contributed by atoms with E-state index in [4.69, 9.17) is 9.47 Å². The van der Waals surface area contributed by atoms with Gasteiger partial charge in [-0.15, -0.1) is 0 Å². The van der Waals surface area contributed by atoms with Crippen LogP contribution < -0.4 is 9.47 Å². The monoisotopic (exact) mass is 522 g/mol. The van der Waals surface area contributed by atoms with Gasteiger partial charge in [0.05, 0.1) is 13.2 Å². The van der Waals surface area contributed by atoms with Gasteiger partial charge in [-0.25, -0.2) is 0 Å². The molecule has 2 aromatic rings. The van der Waals surface area contributed by atoms with Gasteiger partial charge in [-0.05, 0) is 137 Å². The van der Waals surface area contributed by atoms with E-state index in [9.17, 15) is 8.78 Å². The number of benzene rings is 2. The summed E-state index contributed by atoms with van der Waals surface area (Å²) in [6.45, 7) is 4.62. The van der Waals surface area contributed by atoms with Gasteiger partial charge in [-0.1, -0.05) is 36.4 Å². The van der Waals surface area contributed by atoms with Gasteiger partial charge in [0, 0.05) is 0 Å². The number of rotatable bonds is 8. The first-order valence-corrected chi connectivity index (χ1v) is 15.0. The molecule has 2 nitrogen and oxygen atoms in total. The smallest absolute Gasteiger partial charge is 0.204 e. The van der Waals surface area contributed by atoms with E-state index in [0.717, 1.165) is 49.4 Å². The maximum absolute atomic E-state index is 14.3. The molecule has 0 heterocycles. The molecule has 0 spiro atoms. The van der Waals surface area contributed by atoms with Crippen molar-refractivity contribution in [1.82, 2.24) is 0 Å². The lowest BCUT2D eigenvalue weighted by Crippen LogP contribution is -2.30. The van der Waals surface area contributed by atoms with Crippen molar-refractivity contribution in [3.8, 4) is 11.5 Å². The van der Waals surface area contributed by atoms with E-state index in [1.165, 1.54) is 61.8 Å². The lowest BCUT2D eigenvalue weighted by molar-refractivity contribution is 0.133. The third kappa shape index (κ3) is 6.26. The second kappa shape index (κ2) is 12.7. The highest BCUT2D eigenvalue weighted by Gasteiger charge is 2.35. The second-order valence-corrected chi connectivity index (χ2v) is 11.9. The maximum Gasteiger partial charge on any atom is 0.204 e. The third-order valence-electron chi connectivity index (χ3n) is 9.63. The van der Waals surface area contributed by atoms with Crippen LogP contribution in [0.4, 0.5) is 8.78 Å². The van der Waals surface area contributed by atoms with Gasteiger partial charge in [0.25, 0.3) is 0 Å². The van der Waals surface area contributed by atoms with Crippen molar-refractivity contribution in [2.45, 2.75) is 89.9 Å². The van der Waals surface area contributed by atoms with Crippen molar-refractivity contribution in [2.75, 3.05) is 13.2 Å². The van der Waals surface area contributed by atoms with E-state index in [-0.39, 0.29) is 11.5 Å². The van der Waals surface area contributed by atoms with Gasteiger partial charge in [-0.2, -0.15) is 8.78 Å². The highest BCUT2D eigenvalue weighted by atomic mass is 19.2. The Labute approximate surface area is 227 Å². The minimum absolute atomic E-state index is 0.0245. The summed E-state index contributed by atoms with van der Waals surface area (Å²) in [6, 6.07) is 12.5. The molecule has 3 aliphatic carbocycles. The predicted molar refractivity (Wildman–Crippen MR) is 150 cm³/mol. The molecule has 2 aromatic carbocycles. The SMILES string of the molecule is CC=CC1CCC2CC(c3ccc(C4CCC(COc5ccc(OCC)c(F)c5F)CC4)cc3)CCC2C1. The Hall–Kier alpha value is -2.36. The van der Waals surface area contributed by atoms with Crippen LogP contribution in [0.25, 0.3) is 0 Å². The quantitative estimate of drug-likeness (QED) is 0.321. The van der Waals surface area contributed by atoms with Crippen LogP contribution in [-0.2, 0) is 0 Å². The maximum atomic E-state index is 14.3. The van der Waals surface area contributed by atoms with Gasteiger partial charge in [0.1, 0.15) is 0 Å². The summed E-state index contributed by atoms with van der Waals surface area (Å²) in [7, 11) is 0. The Kier molecular flexibility index (Phi) is 9.07. The van der Waals surface area contributed by atoms with Crippen molar-refractivity contribution in [2.24, 2.45) is 23.7 Å². The largest absolute Gasteiger partial charge is 0.491 e.